The quantitative estimate of drug-likeness (QED) is 0.799. The Morgan fingerprint density at radius 2 is 1.91 bits per heavy atom. The summed E-state index contributed by atoms with van der Waals surface area (Å²) in [4.78, 5) is 11.6. The maximum atomic E-state index is 11.6. The number of aromatic carboxylic acids is 1. The molecule has 1 heterocycles. The van der Waals surface area contributed by atoms with Gasteiger partial charge in [0.05, 0.1) is 11.8 Å². The fourth-order valence-corrected chi connectivity index (χ4v) is 2.58. The Morgan fingerprint density at radius 3 is 2.52 bits per heavy atom. The van der Waals surface area contributed by atoms with E-state index in [1.165, 1.54) is 0 Å². The summed E-state index contributed by atoms with van der Waals surface area (Å²) in [5.74, 6) is -0.940. The van der Waals surface area contributed by atoms with E-state index in [-0.39, 0.29) is 5.56 Å². The smallest absolute Gasteiger partial charge is 0.335 e. The van der Waals surface area contributed by atoms with E-state index in [2.05, 4.69) is 10.3 Å². The van der Waals surface area contributed by atoms with E-state index < -0.39 is 5.97 Å². The number of hydrogen-bond donors (Lipinski definition) is 1. The van der Waals surface area contributed by atoms with Gasteiger partial charge < -0.3 is 5.11 Å². The molecule has 3 aromatic rings. The van der Waals surface area contributed by atoms with Gasteiger partial charge in [-0.25, -0.2) is 4.79 Å². The number of aryl methyl sites for hydroxylation is 1. The van der Waals surface area contributed by atoms with Crippen molar-refractivity contribution in [2.24, 2.45) is 0 Å². The van der Waals surface area contributed by atoms with Crippen LogP contribution in [0.4, 0.5) is 0 Å². The minimum atomic E-state index is -0.940. The number of rotatable bonds is 4. The third kappa shape index (κ3) is 2.85. The van der Waals surface area contributed by atoms with Gasteiger partial charge in [0.25, 0.3) is 0 Å². The molecule has 0 radical (unpaired) electrons. The van der Waals surface area contributed by atoms with E-state index in [4.69, 9.17) is 0 Å². The summed E-state index contributed by atoms with van der Waals surface area (Å²) in [5, 5.41) is 17.7. The highest BCUT2D eigenvalue weighted by Crippen LogP contribution is 2.31. The molecule has 116 valence electrons. The van der Waals surface area contributed by atoms with Crippen molar-refractivity contribution < 1.29 is 9.90 Å². The van der Waals surface area contributed by atoms with Crippen molar-refractivity contribution >= 4 is 5.97 Å². The second-order valence-electron chi connectivity index (χ2n) is 5.33. The molecule has 5 nitrogen and oxygen atoms in total. The standard InChI is InChI=1S/C18H17N3O2/c1-3-21-11-17(19-20-21)15-9-14(13-7-5-4-6-8-13)10-16(12(15)2)18(22)23/h4-11H,3H2,1-2H3,(H,22,23). The van der Waals surface area contributed by atoms with Crippen LogP contribution in [0.15, 0.2) is 48.7 Å². The monoisotopic (exact) mass is 307 g/mol. The molecule has 0 saturated heterocycles. The van der Waals surface area contributed by atoms with E-state index in [0.717, 1.165) is 23.2 Å². The highest BCUT2D eigenvalue weighted by Gasteiger charge is 2.16. The number of hydrogen-bond acceptors (Lipinski definition) is 3. The predicted molar refractivity (Wildman–Crippen MR) is 88.3 cm³/mol. The molecule has 1 aromatic heterocycles. The topological polar surface area (TPSA) is 68.0 Å². The van der Waals surface area contributed by atoms with Crippen LogP contribution in [0.3, 0.4) is 0 Å². The summed E-state index contributed by atoms with van der Waals surface area (Å²) in [6.07, 6.45) is 1.84. The van der Waals surface area contributed by atoms with Crippen LogP contribution in [-0.2, 0) is 6.54 Å². The lowest BCUT2D eigenvalue weighted by molar-refractivity contribution is 0.0696. The number of carbonyl (C=O) groups is 1. The van der Waals surface area contributed by atoms with E-state index in [1.54, 1.807) is 17.7 Å². The van der Waals surface area contributed by atoms with Crippen LogP contribution in [0.1, 0.15) is 22.8 Å². The number of carboxylic acid groups (broad SMARTS) is 1. The van der Waals surface area contributed by atoms with E-state index in [0.29, 0.717) is 11.3 Å². The van der Waals surface area contributed by atoms with Gasteiger partial charge in [-0.3, -0.25) is 4.68 Å². The molecule has 5 heteroatoms. The third-order valence-corrected chi connectivity index (χ3v) is 3.88. The lowest BCUT2D eigenvalue weighted by Gasteiger charge is -2.11. The molecule has 0 fully saturated rings. The van der Waals surface area contributed by atoms with Crippen LogP contribution in [-0.4, -0.2) is 26.1 Å². The van der Waals surface area contributed by atoms with Crippen LogP contribution in [0.25, 0.3) is 22.4 Å². The van der Waals surface area contributed by atoms with Gasteiger partial charge in [0, 0.05) is 12.1 Å². The van der Waals surface area contributed by atoms with E-state index in [1.807, 2.05) is 49.5 Å². The normalized spacial score (nSPS) is 10.7. The number of carboxylic acids is 1. The Hall–Kier alpha value is -2.95. The van der Waals surface area contributed by atoms with Crippen molar-refractivity contribution in [1.82, 2.24) is 15.0 Å². The summed E-state index contributed by atoms with van der Waals surface area (Å²) in [6, 6.07) is 13.4. The fraction of sp³-hybridized carbons (Fsp3) is 0.167. The highest BCUT2D eigenvalue weighted by molar-refractivity contribution is 5.94. The Morgan fingerprint density at radius 1 is 1.17 bits per heavy atom. The first-order chi connectivity index (χ1) is 11.1. The lowest BCUT2D eigenvalue weighted by atomic mass is 9.94. The van der Waals surface area contributed by atoms with Gasteiger partial charge in [0.2, 0.25) is 0 Å². The van der Waals surface area contributed by atoms with E-state index in [9.17, 15) is 9.90 Å². The SMILES string of the molecule is CCn1cc(-c2cc(-c3ccccc3)cc(C(=O)O)c2C)nn1. The number of aromatic nitrogens is 3. The van der Waals surface area contributed by atoms with Crippen molar-refractivity contribution in [3.63, 3.8) is 0 Å². The average Bonchev–Trinajstić information content (AvgIpc) is 3.04. The van der Waals surface area contributed by atoms with Crippen LogP contribution in [0.2, 0.25) is 0 Å². The molecule has 23 heavy (non-hydrogen) atoms. The first kappa shape index (κ1) is 15.0. The first-order valence-corrected chi connectivity index (χ1v) is 7.44. The zero-order chi connectivity index (χ0) is 16.4. The van der Waals surface area contributed by atoms with Crippen LogP contribution in [0.5, 0.6) is 0 Å². The molecule has 0 atom stereocenters. The average molecular weight is 307 g/mol. The maximum Gasteiger partial charge on any atom is 0.335 e. The fourth-order valence-electron chi connectivity index (χ4n) is 2.58. The molecule has 2 aromatic carbocycles. The summed E-state index contributed by atoms with van der Waals surface area (Å²) in [5.41, 5.74) is 4.29. The van der Waals surface area contributed by atoms with Gasteiger partial charge in [0.1, 0.15) is 5.69 Å². The minimum Gasteiger partial charge on any atom is -0.478 e. The molecule has 0 spiro atoms. The number of benzene rings is 2. The third-order valence-electron chi connectivity index (χ3n) is 3.88. The van der Waals surface area contributed by atoms with Crippen molar-refractivity contribution in [3.05, 3.63) is 59.8 Å². The van der Waals surface area contributed by atoms with Crippen molar-refractivity contribution in [3.8, 4) is 22.4 Å². The van der Waals surface area contributed by atoms with Crippen molar-refractivity contribution in [2.75, 3.05) is 0 Å². The second kappa shape index (κ2) is 6.04. The van der Waals surface area contributed by atoms with Crippen LogP contribution in [0, 0.1) is 6.92 Å². The molecule has 0 aliphatic carbocycles. The first-order valence-electron chi connectivity index (χ1n) is 7.44. The summed E-state index contributed by atoms with van der Waals surface area (Å²) >= 11 is 0. The molecule has 0 unspecified atom stereocenters. The Labute approximate surface area is 134 Å². The Bertz CT molecular complexity index is 854. The molecular formula is C18H17N3O2. The van der Waals surface area contributed by atoms with Gasteiger partial charge in [0.15, 0.2) is 0 Å². The van der Waals surface area contributed by atoms with Crippen LogP contribution < -0.4 is 0 Å². The minimum absolute atomic E-state index is 0.285. The van der Waals surface area contributed by atoms with Gasteiger partial charge in [-0.1, -0.05) is 35.5 Å². The molecule has 0 aliphatic rings. The number of nitrogens with zero attached hydrogens (tertiary/aromatic N) is 3. The van der Waals surface area contributed by atoms with Gasteiger partial charge in [-0.2, -0.15) is 0 Å². The maximum absolute atomic E-state index is 11.6. The van der Waals surface area contributed by atoms with E-state index >= 15 is 0 Å². The molecule has 0 bridgehead atoms. The second-order valence-corrected chi connectivity index (χ2v) is 5.33. The molecule has 0 saturated carbocycles. The summed E-state index contributed by atoms with van der Waals surface area (Å²) < 4.78 is 1.73. The molecule has 1 N–H and O–H groups in total. The summed E-state index contributed by atoms with van der Waals surface area (Å²) in [7, 11) is 0. The molecule has 3 rings (SSSR count). The van der Waals surface area contributed by atoms with Crippen LogP contribution >= 0.6 is 0 Å². The molecular weight excluding hydrogens is 290 g/mol. The van der Waals surface area contributed by atoms with Gasteiger partial charge >= 0.3 is 5.97 Å². The van der Waals surface area contributed by atoms with Gasteiger partial charge in [-0.15, -0.1) is 5.10 Å². The Balaban J connectivity index is 2.22. The largest absolute Gasteiger partial charge is 0.478 e. The van der Waals surface area contributed by atoms with Gasteiger partial charge in [-0.05, 0) is 42.7 Å². The zero-order valence-electron chi connectivity index (χ0n) is 13.0. The zero-order valence-corrected chi connectivity index (χ0v) is 13.0. The van der Waals surface area contributed by atoms with Crippen molar-refractivity contribution in [2.45, 2.75) is 20.4 Å². The lowest BCUT2D eigenvalue weighted by Crippen LogP contribution is -2.02. The molecule has 0 aliphatic heterocycles. The predicted octanol–water partition coefficient (Wildman–Crippen LogP) is 3.64. The van der Waals surface area contributed by atoms with Crippen molar-refractivity contribution in [1.29, 1.82) is 0 Å². The highest BCUT2D eigenvalue weighted by atomic mass is 16.4. The molecule has 0 amide bonds. The Kier molecular flexibility index (Phi) is 3.93. The summed E-state index contributed by atoms with van der Waals surface area (Å²) in [6.45, 7) is 4.50.